The van der Waals surface area contributed by atoms with Gasteiger partial charge in [-0.3, -0.25) is 14.4 Å². The Morgan fingerprint density at radius 1 is 0.920 bits per heavy atom. The lowest BCUT2D eigenvalue weighted by Gasteiger charge is -2.13. The molecule has 0 aliphatic heterocycles. The molecule has 0 aliphatic carbocycles. The smallest absolute Gasteiger partial charge is 0.287 e. The molecule has 1 aromatic heterocycles. The molecule has 0 bridgehead atoms. The number of rotatable bonds is 8. The van der Waals surface area contributed by atoms with Gasteiger partial charge in [-0.2, -0.15) is 0 Å². The van der Waals surface area contributed by atoms with Gasteiger partial charge in [0, 0.05) is 6.54 Å². The van der Waals surface area contributed by atoms with Crippen LogP contribution >= 0.6 is 0 Å². The first-order valence-corrected chi connectivity index (χ1v) is 7.96. The van der Waals surface area contributed by atoms with E-state index in [1.807, 2.05) is 37.3 Å². The summed E-state index contributed by atoms with van der Waals surface area (Å²) in [6.07, 6.45) is 1.37. The predicted molar refractivity (Wildman–Crippen MR) is 91.9 cm³/mol. The topological polar surface area (TPSA) is 100 Å². The molecule has 0 unspecified atom stereocenters. The minimum Gasteiger partial charge on any atom is -0.459 e. The first-order valence-electron chi connectivity index (χ1n) is 7.96. The van der Waals surface area contributed by atoms with Gasteiger partial charge in [0.05, 0.1) is 19.4 Å². The highest BCUT2D eigenvalue weighted by Gasteiger charge is 2.11. The number of benzene rings is 1. The van der Waals surface area contributed by atoms with Crippen molar-refractivity contribution < 1.29 is 18.8 Å². The zero-order valence-electron chi connectivity index (χ0n) is 14.0. The van der Waals surface area contributed by atoms with Crippen LogP contribution in [0, 0.1) is 0 Å². The first kappa shape index (κ1) is 18.3. The van der Waals surface area contributed by atoms with E-state index in [4.69, 9.17) is 4.42 Å². The van der Waals surface area contributed by atoms with Crippen LogP contribution in [0.1, 0.15) is 29.0 Å². The van der Waals surface area contributed by atoms with E-state index in [0.29, 0.717) is 6.54 Å². The van der Waals surface area contributed by atoms with Crippen LogP contribution in [0.15, 0.2) is 53.1 Å². The number of nitrogens with one attached hydrogen (secondary N) is 3. The molecule has 2 rings (SSSR count). The van der Waals surface area contributed by atoms with Crippen LogP contribution in [-0.4, -0.2) is 37.4 Å². The van der Waals surface area contributed by atoms with Crippen LogP contribution < -0.4 is 16.0 Å². The van der Waals surface area contributed by atoms with Crippen LogP contribution in [-0.2, 0) is 9.59 Å². The summed E-state index contributed by atoms with van der Waals surface area (Å²) in [5.74, 6) is -0.921. The largest absolute Gasteiger partial charge is 0.459 e. The van der Waals surface area contributed by atoms with Gasteiger partial charge in [0.2, 0.25) is 11.8 Å². The van der Waals surface area contributed by atoms with E-state index in [0.717, 1.165) is 5.56 Å². The van der Waals surface area contributed by atoms with Gasteiger partial charge < -0.3 is 20.4 Å². The lowest BCUT2D eigenvalue weighted by atomic mass is 10.0. The second-order valence-electron chi connectivity index (χ2n) is 5.55. The lowest BCUT2D eigenvalue weighted by Crippen LogP contribution is -2.42. The molecule has 7 heteroatoms. The summed E-state index contributed by atoms with van der Waals surface area (Å²) in [7, 11) is 0. The fourth-order valence-corrected chi connectivity index (χ4v) is 2.13. The fourth-order valence-electron chi connectivity index (χ4n) is 2.13. The standard InChI is InChI=1S/C18H21N3O4/c1-13(14-6-3-2-4-7-14)10-19-16(22)11-20-17(23)12-21-18(24)15-8-5-9-25-15/h2-9,13H,10-12H2,1H3,(H,19,22)(H,20,23)(H,21,24)/t13-/m0/s1. The molecule has 2 aromatic rings. The summed E-state index contributed by atoms with van der Waals surface area (Å²) in [6.45, 7) is 2.12. The SMILES string of the molecule is C[C@@H](CNC(=O)CNC(=O)CNC(=O)c1ccco1)c1ccccc1. The second kappa shape index (κ2) is 9.27. The van der Waals surface area contributed by atoms with Gasteiger partial charge in [-0.25, -0.2) is 0 Å². The molecule has 0 saturated carbocycles. The van der Waals surface area contributed by atoms with E-state index in [1.54, 1.807) is 6.07 Å². The highest BCUT2D eigenvalue weighted by molar-refractivity contribution is 5.94. The second-order valence-corrected chi connectivity index (χ2v) is 5.55. The Labute approximate surface area is 145 Å². The van der Waals surface area contributed by atoms with Crippen molar-refractivity contribution in [2.75, 3.05) is 19.6 Å². The number of hydrogen-bond acceptors (Lipinski definition) is 4. The zero-order valence-corrected chi connectivity index (χ0v) is 14.0. The van der Waals surface area contributed by atoms with Crippen LogP contribution in [0.5, 0.6) is 0 Å². The van der Waals surface area contributed by atoms with E-state index in [9.17, 15) is 14.4 Å². The summed E-state index contributed by atoms with van der Waals surface area (Å²) in [5.41, 5.74) is 1.13. The normalized spacial score (nSPS) is 11.4. The van der Waals surface area contributed by atoms with E-state index in [-0.39, 0.29) is 30.7 Å². The van der Waals surface area contributed by atoms with Crippen LogP contribution in [0.3, 0.4) is 0 Å². The fraction of sp³-hybridized carbons (Fsp3) is 0.278. The van der Waals surface area contributed by atoms with Crippen LogP contribution in [0.2, 0.25) is 0 Å². The Bertz CT molecular complexity index is 698. The molecule has 25 heavy (non-hydrogen) atoms. The van der Waals surface area contributed by atoms with Crippen molar-refractivity contribution in [3.05, 3.63) is 60.1 Å². The minimum absolute atomic E-state index is 0.125. The molecule has 3 amide bonds. The van der Waals surface area contributed by atoms with Gasteiger partial charge in [0.25, 0.3) is 5.91 Å². The highest BCUT2D eigenvalue weighted by Crippen LogP contribution is 2.12. The van der Waals surface area contributed by atoms with E-state index in [2.05, 4.69) is 16.0 Å². The Morgan fingerprint density at radius 2 is 1.60 bits per heavy atom. The number of furan rings is 1. The molecule has 0 aliphatic rings. The van der Waals surface area contributed by atoms with Crippen molar-refractivity contribution >= 4 is 17.7 Å². The molecule has 0 fully saturated rings. The van der Waals surface area contributed by atoms with Crippen molar-refractivity contribution in [2.24, 2.45) is 0 Å². The van der Waals surface area contributed by atoms with E-state index >= 15 is 0 Å². The van der Waals surface area contributed by atoms with Crippen molar-refractivity contribution in [2.45, 2.75) is 12.8 Å². The van der Waals surface area contributed by atoms with Crippen LogP contribution in [0.4, 0.5) is 0 Å². The number of amides is 3. The quantitative estimate of drug-likeness (QED) is 0.667. The molecule has 1 atom stereocenters. The average Bonchev–Trinajstić information content (AvgIpc) is 3.18. The molecule has 0 radical (unpaired) electrons. The Balaban J connectivity index is 1.62. The van der Waals surface area contributed by atoms with Gasteiger partial charge in [-0.15, -0.1) is 0 Å². The third kappa shape index (κ3) is 6.14. The monoisotopic (exact) mass is 343 g/mol. The number of carbonyl (C=O) groups excluding carboxylic acids is 3. The van der Waals surface area contributed by atoms with Crippen molar-refractivity contribution in [3.8, 4) is 0 Å². The average molecular weight is 343 g/mol. The van der Waals surface area contributed by atoms with Gasteiger partial charge in [0.1, 0.15) is 0 Å². The summed E-state index contributed by atoms with van der Waals surface area (Å²) < 4.78 is 4.91. The molecule has 3 N–H and O–H groups in total. The highest BCUT2D eigenvalue weighted by atomic mass is 16.3. The van der Waals surface area contributed by atoms with Crippen molar-refractivity contribution in [1.29, 1.82) is 0 Å². The van der Waals surface area contributed by atoms with Gasteiger partial charge in [-0.1, -0.05) is 37.3 Å². The maximum atomic E-state index is 11.8. The molecule has 0 spiro atoms. The predicted octanol–water partition coefficient (Wildman–Crippen LogP) is 1.05. The third-order valence-corrected chi connectivity index (χ3v) is 3.57. The molecule has 132 valence electrons. The third-order valence-electron chi connectivity index (χ3n) is 3.57. The molecule has 7 nitrogen and oxygen atoms in total. The summed E-state index contributed by atoms with van der Waals surface area (Å²) in [4.78, 5) is 35.0. The zero-order chi connectivity index (χ0) is 18.1. The number of hydrogen-bond donors (Lipinski definition) is 3. The molecule has 0 saturated heterocycles. The van der Waals surface area contributed by atoms with E-state index < -0.39 is 11.8 Å². The Kier molecular flexibility index (Phi) is 6.76. The molecule has 1 heterocycles. The molecule has 1 aromatic carbocycles. The van der Waals surface area contributed by atoms with Gasteiger partial charge in [0.15, 0.2) is 5.76 Å². The van der Waals surface area contributed by atoms with Crippen molar-refractivity contribution in [1.82, 2.24) is 16.0 Å². The summed E-state index contributed by atoms with van der Waals surface area (Å²) in [6, 6.07) is 12.9. The van der Waals surface area contributed by atoms with Gasteiger partial charge >= 0.3 is 0 Å². The maximum absolute atomic E-state index is 11.8. The van der Waals surface area contributed by atoms with E-state index in [1.165, 1.54) is 12.3 Å². The maximum Gasteiger partial charge on any atom is 0.287 e. The Morgan fingerprint density at radius 3 is 2.28 bits per heavy atom. The Hall–Kier alpha value is -3.09. The van der Waals surface area contributed by atoms with Crippen molar-refractivity contribution in [3.63, 3.8) is 0 Å². The lowest BCUT2D eigenvalue weighted by molar-refractivity contribution is -0.125. The molecular weight excluding hydrogens is 322 g/mol. The first-order chi connectivity index (χ1) is 12.1. The minimum atomic E-state index is -0.485. The number of carbonyl (C=O) groups is 3. The van der Waals surface area contributed by atoms with Crippen LogP contribution in [0.25, 0.3) is 0 Å². The summed E-state index contributed by atoms with van der Waals surface area (Å²) in [5, 5.41) is 7.62. The molecular formula is C18H21N3O4. The summed E-state index contributed by atoms with van der Waals surface area (Å²) >= 11 is 0. The van der Waals surface area contributed by atoms with Gasteiger partial charge in [-0.05, 0) is 23.6 Å².